The predicted octanol–water partition coefficient (Wildman–Crippen LogP) is 2.18. The van der Waals surface area contributed by atoms with Crippen LogP contribution in [-0.2, 0) is 20.8 Å². The van der Waals surface area contributed by atoms with Gasteiger partial charge in [-0.25, -0.2) is 14.5 Å². The Bertz CT molecular complexity index is 849. The van der Waals surface area contributed by atoms with E-state index in [2.05, 4.69) is 15.4 Å². The quantitative estimate of drug-likeness (QED) is 0.789. The van der Waals surface area contributed by atoms with Crippen LogP contribution in [0, 0.1) is 11.3 Å². The summed E-state index contributed by atoms with van der Waals surface area (Å²) in [7, 11) is 1.31. The summed E-state index contributed by atoms with van der Waals surface area (Å²) >= 11 is 0. The lowest BCUT2D eigenvalue weighted by Gasteiger charge is -2.28. The Kier molecular flexibility index (Phi) is 5.98. The van der Waals surface area contributed by atoms with Crippen molar-refractivity contribution in [1.82, 2.24) is 20.1 Å². The maximum Gasteiger partial charge on any atom is 0.328 e. The second kappa shape index (κ2) is 8.26. The third-order valence-electron chi connectivity index (χ3n) is 5.07. The maximum atomic E-state index is 13.0. The summed E-state index contributed by atoms with van der Waals surface area (Å²) in [5.74, 6) is -0.453. The molecule has 3 heterocycles. The Morgan fingerprint density at radius 3 is 2.71 bits per heavy atom. The summed E-state index contributed by atoms with van der Waals surface area (Å²) in [6.07, 6.45) is 3.62. The zero-order valence-electron chi connectivity index (χ0n) is 16.9. The topological polar surface area (TPSA) is 95.3 Å². The number of amides is 1. The van der Waals surface area contributed by atoms with Crippen LogP contribution in [0.5, 0.6) is 0 Å². The number of carbonyl (C=O) groups excluding carboxylic acids is 2. The van der Waals surface area contributed by atoms with Gasteiger partial charge < -0.3 is 14.8 Å². The lowest BCUT2D eigenvalue weighted by Crippen LogP contribution is -2.49. The minimum absolute atomic E-state index is 0.272. The van der Waals surface area contributed by atoms with Gasteiger partial charge in [-0.15, -0.1) is 0 Å². The fourth-order valence-corrected chi connectivity index (χ4v) is 3.42. The number of hydrogen-bond acceptors (Lipinski definition) is 6. The molecular weight excluding hydrogens is 360 g/mol. The highest BCUT2D eigenvalue weighted by molar-refractivity contribution is 6.05. The number of esters is 1. The van der Waals surface area contributed by atoms with Gasteiger partial charge in [0.15, 0.2) is 11.3 Å². The van der Waals surface area contributed by atoms with E-state index in [-0.39, 0.29) is 5.69 Å². The van der Waals surface area contributed by atoms with E-state index in [1.807, 2.05) is 26.8 Å². The first-order valence-corrected chi connectivity index (χ1v) is 9.59. The van der Waals surface area contributed by atoms with E-state index in [1.165, 1.54) is 7.11 Å². The molecule has 2 aromatic rings. The Labute approximate surface area is 164 Å². The normalized spacial score (nSPS) is 16.7. The lowest BCUT2D eigenvalue weighted by atomic mass is 9.86. The molecule has 0 bridgehead atoms. The van der Waals surface area contributed by atoms with Gasteiger partial charge in [-0.05, 0) is 36.3 Å². The second-order valence-electron chi connectivity index (χ2n) is 8.26. The maximum absolute atomic E-state index is 13.0. The van der Waals surface area contributed by atoms with E-state index in [0.717, 1.165) is 26.1 Å². The highest BCUT2D eigenvalue weighted by Gasteiger charge is 2.35. The number of pyridine rings is 1. The van der Waals surface area contributed by atoms with Crippen molar-refractivity contribution in [3.8, 4) is 0 Å². The van der Waals surface area contributed by atoms with Gasteiger partial charge in [-0.1, -0.05) is 20.8 Å². The van der Waals surface area contributed by atoms with Crippen LogP contribution in [0.15, 0.2) is 18.3 Å². The molecule has 8 heteroatoms. The summed E-state index contributed by atoms with van der Waals surface area (Å²) in [4.78, 5) is 29.6. The molecule has 3 rings (SSSR count). The molecular formula is C20H28N4O4. The van der Waals surface area contributed by atoms with Gasteiger partial charge in [0.25, 0.3) is 5.91 Å². The molecule has 0 spiro atoms. The Hall–Kier alpha value is -2.48. The molecule has 1 atom stereocenters. The van der Waals surface area contributed by atoms with Crippen LogP contribution in [0.4, 0.5) is 0 Å². The third-order valence-corrected chi connectivity index (χ3v) is 5.07. The zero-order valence-corrected chi connectivity index (χ0v) is 16.9. The molecule has 28 heavy (non-hydrogen) atoms. The van der Waals surface area contributed by atoms with Crippen LogP contribution in [0.1, 0.15) is 44.1 Å². The monoisotopic (exact) mass is 388 g/mol. The van der Waals surface area contributed by atoms with Gasteiger partial charge in [-0.2, -0.15) is 5.10 Å². The van der Waals surface area contributed by atoms with Crippen molar-refractivity contribution in [2.45, 2.75) is 46.2 Å². The summed E-state index contributed by atoms with van der Waals surface area (Å²) in [6, 6.07) is 2.83. The molecule has 0 radical (unpaired) electrons. The first kappa shape index (κ1) is 20.3. The van der Waals surface area contributed by atoms with E-state index < -0.39 is 23.3 Å². The molecule has 1 aliphatic rings. The SMILES string of the molecule is COC(=O)[C@@H](NC(=O)c1nn(CC2CCOCC2)c2ncccc12)C(C)(C)C. The minimum atomic E-state index is -0.780. The van der Waals surface area contributed by atoms with Crippen LogP contribution >= 0.6 is 0 Å². The third kappa shape index (κ3) is 4.32. The van der Waals surface area contributed by atoms with E-state index in [9.17, 15) is 9.59 Å². The lowest BCUT2D eigenvalue weighted by molar-refractivity contribution is -0.145. The van der Waals surface area contributed by atoms with Crippen LogP contribution < -0.4 is 5.32 Å². The Morgan fingerprint density at radius 1 is 1.36 bits per heavy atom. The van der Waals surface area contributed by atoms with Crippen LogP contribution in [0.2, 0.25) is 0 Å². The number of nitrogens with zero attached hydrogens (tertiary/aromatic N) is 3. The van der Waals surface area contributed by atoms with E-state index in [1.54, 1.807) is 16.9 Å². The molecule has 1 N–H and O–H groups in total. The van der Waals surface area contributed by atoms with Gasteiger partial charge in [-0.3, -0.25) is 4.79 Å². The molecule has 0 unspecified atom stereocenters. The molecule has 1 amide bonds. The number of rotatable bonds is 5. The number of hydrogen-bond donors (Lipinski definition) is 1. The number of fused-ring (bicyclic) bond motifs is 1. The molecule has 2 aromatic heterocycles. The highest BCUT2D eigenvalue weighted by atomic mass is 16.5. The van der Waals surface area contributed by atoms with Gasteiger partial charge in [0.1, 0.15) is 6.04 Å². The zero-order chi connectivity index (χ0) is 20.3. The average molecular weight is 388 g/mol. The number of methoxy groups -OCH3 is 1. The number of carbonyl (C=O) groups is 2. The van der Waals surface area contributed by atoms with Crippen molar-refractivity contribution in [3.63, 3.8) is 0 Å². The smallest absolute Gasteiger partial charge is 0.328 e. The summed E-state index contributed by atoms with van der Waals surface area (Å²) in [5.41, 5.74) is 0.444. The first-order chi connectivity index (χ1) is 13.3. The van der Waals surface area contributed by atoms with Gasteiger partial charge >= 0.3 is 5.97 Å². The fourth-order valence-electron chi connectivity index (χ4n) is 3.42. The van der Waals surface area contributed by atoms with E-state index in [4.69, 9.17) is 9.47 Å². The summed E-state index contributed by atoms with van der Waals surface area (Å²) in [6.45, 7) is 7.80. The van der Waals surface area contributed by atoms with Crippen molar-refractivity contribution in [3.05, 3.63) is 24.0 Å². The van der Waals surface area contributed by atoms with Crippen molar-refractivity contribution in [2.24, 2.45) is 11.3 Å². The molecule has 0 saturated carbocycles. The number of nitrogens with one attached hydrogen (secondary N) is 1. The summed E-state index contributed by atoms with van der Waals surface area (Å²) < 4.78 is 12.1. The largest absolute Gasteiger partial charge is 0.467 e. The number of ether oxygens (including phenoxy) is 2. The number of aromatic nitrogens is 3. The van der Waals surface area contributed by atoms with Crippen molar-refractivity contribution in [2.75, 3.05) is 20.3 Å². The molecule has 152 valence electrons. The van der Waals surface area contributed by atoms with Crippen molar-refractivity contribution < 1.29 is 19.1 Å². The Morgan fingerprint density at radius 2 is 2.07 bits per heavy atom. The van der Waals surface area contributed by atoms with E-state index >= 15 is 0 Å². The van der Waals surface area contributed by atoms with E-state index in [0.29, 0.717) is 23.5 Å². The molecule has 1 aliphatic heterocycles. The van der Waals surface area contributed by atoms with Gasteiger partial charge in [0, 0.05) is 26.0 Å². The molecule has 0 aromatic carbocycles. The molecule has 0 aliphatic carbocycles. The predicted molar refractivity (Wildman–Crippen MR) is 104 cm³/mol. The Balaban J connectivity index is 1.89. The average Bonchev–Trinajstić information content (AvgIpc) is 3.04. The van der Waals surface area contributed by atoms with Crippen molar-refractivity contribution in [1.29, 1.82) is 0 Å². The second-order valence-corrected chi connectivity index (χ2v) is 8.26. The molecule has 1 fully saturated rings. The summed E-state index contributed by atoms with van der Waals surface area (Å²) in [5, 5.41) is 8.02. The van der Waals surface area contributed by atoms with Crippen LogP contribution in [0.3, 0.4) is 0 Å². The van der Waals surface area contributed by atoms with Gasteiger partial charge in [0.2, 0.25) is 0 Å². The van der Waals surface area contributed by atoms with Crippen LogP contribution in [0.25, 0.3) is 11.0 Å². The van der Waals surface area contributed by atoms with Crippen molar-refractivity contribution >= 4 is 22.9 Å². The molecule has 8 nitrogen and oxygen atoms in total. The van der Waals surface area contributed by atoms with Gasteiger partial charge in [0.05, 0.1) is 12.5 Å². The first-order valence-electron chi connectivity index (χ1n) is 9.59. The highest BCUT2D eigenvalue weighted by Crippen LogP contribution is 2.24. The fraction of sp³-hybridized carbons (Fsp3) is 0.600. The molecule has 1 saturated heterocycles. The van der Waals surface area contributed by atoms with Crippen LogP contribution in [-0.4, -0.2) is 53.0 Å². The standard InChI is InChI=1S/C20H28N4O4/c1-20(2,3)16(19(26)27-4)22-18(25)15-14-6-5-9-21-17(14)24(23-15)12-13-7-10-28-11-8-13/h5-6,9,13,16H,7-8,10-12H2,1-4H3,(H,22,25)/t16-/m1/s1. The minimum Gasteiger partial charge on any atom is -0.467 e.